The molecule has 32 heavy (non-hydrogen) atoms. The third kappa shape index (κ3) is 4.18. The minimum absolute atomic E-state index is 0.170. The normalized spacial score (nSPS) is 11.3. The number of carbonyl (C=O) groups excluding carboxylic acids is 3. The van der Waals surface area contributed by atoms with Crippen molar-refractivity contribution in [3.8, 4) is 0 Å². The number of Topliss-reactive ketones (excluding diaryl/α,β-unsaturated/α-hetero) is 1. The molecule has 0 saturated carbocycles. The largest absolute Gasteiger partial charge is 0.343 e. The number of amides is 2. The molecule has 2 aromatic heterocycles. The number of aromatic amines is 1. The smallest absolute Gasteiger partial charge is 0.293 e. The summed E-state index contributed by atoms with van der Waals surface area (Å²) >= 11 is 0. The van der Waals surface area contributed by atoms with Gasteiger partial charge in [0.05, 0.1) is 16.8 Å². The van der Waals surface area contributed by atoms with Crippen LogP contribution in [-0.2, 0) is 17.4 Å². The first-order valence-corrected chi connectivity index (χ1v) is 10.0. The minimum Gasteiger partial charge on any atom is -0.343 e. The van der Waals surface area contributed by atoms with Crippen LogP contribution in [0.1, 0.15) is 57.2 Å². The number of nitrogens with zero attached hydrogens (tertiary/aromatic N) is 2. The van der Waals surface area contributed by atoms with Crippen LogP contribution in [-0.4, -0.2) is 32.4 Å². The predicted molar refractivity (Wildman–Crippen MR) is 118 cm³/mol. The van der Waals surface area contributed by atoms with E-state index in [1.165, 1.54) is 18.2 Å². The maximum atomic E-state index is 13.5. The summed E-state index contributed by atoms with van der Waals surface area (Å²) in [5, 5.41) is 12.2. The second kappa shape index (κ2) is 8.41. The van der Waals surface area contributed by atoms with Crippen LogP contribution in [0.4, 0.5) is 10.1 Å². The average molecular weight is 439 g/mol. The number of ketones is 1. The Hall–Kier alpha value is -3.75. The van der Waals surface area contributed by atoms with Crippen LogP contribution in [0.5, 0.6) is 0 Å². The lowest BCUT2D eigenvalue weighted by atomic mass is 9.99. The molecule has 2 heterocycles. The van der Waals surface area contributed by atoms with E-state index in [9.17, 15) is 18.8 Å². The molecule has 2 amide bonds. The van der Waals surface area contributed by atoms with Crippen LogP contribution in [0.2, 0.25) is 0 Å². The number of hydrogen-bond acceptors (Lipinski definition) is 4. The van der Waals surface area contributed by atoms with Gasteiger partial charge < -0.3 is 15.2 Å². The summed E-state index contributed by atoms with van der Waals surface area (Å²) in [6.45, 7) is 8.37. The Labute approximate surface area is 185 Å². The summed E-state index contributed by atoms with van der Waals surface area (Å²) < 4.78 is 15.1. The third-order valence-corrected chi connectivity index (χ3v) is 5.56. The second-order valence-corrected chi connectivity index (χ2v) is 8.28. The first kappa shape index (κ1) is 22.9. The van der Waals surface area contributed by atoms with E-state index in [1.807, 2.05) is 0 Å². The quantitative estimate of drug-likeness (QED) is 0.404. The standard InChI is InChI=1S/C23H26FN5O3/c1-12-11-15(7-8-16(12)24)26-21(31)19-13(2)18(14(3)29(19)6)20(30)22(32)27-23(4,5)17-9-10-25-28-17/h7-11H,1-6H3,(H,25,28)(H,26,31)(H,27,32). The Balaban J connectivity index is 1.87. The fourth-order valence-electron chi connectivity index (χ4n) is 3.67. The third-order valence-electron chi connectivity index (χ3n) is 5.56. The van der Waals surface area contributed by atoms with Gasteiger partial charge in [0.25, 0.3) is 17.6 Å². The van der Waals surface area contributed by atoms with Gasteiger partial charge in [0.1, 0.15) is 11.5 Å². The van der Waals surface area contributed by atoms with Gasteiger partial charge in [0.15, 0.2) is 0 Å². The number of rotatable bonds is 6. The van der Waals surface area contributed by atoms with Gasteiger partial charge in [0, 0.05) is 24.6 Å². The first-order valence-electron chi connectivity index (χ1n) is 10.0. The molecule has 0 fully saturated rings. The molecular weight excluding hydrogens is 413 g/mol. The Kier molecular flexibility index (Phi) is 6.03. The van der Waals surface area contributed by atoms with Crippen LogP contribution < -0.4 is 10.6 Å². The van der Waals surface area contributed by atoms with Crippen molar-refractivity contribution in [3.05, 3.63) is 70.1 Å². The van der Waals surface area contributed by atoms with E-state index < -0.39 is 23.1 Å². The van der Waals surface area contributed by atoms with Gasteiger partial charge in [-0.1, -0.05) is 0 Å². The zero-order valence-corrected chi connectivity index (χ0v) is 18.9. The average Bonchev–Trinajstić information content (AvgIpc) is 3.32. The highest BCUT2D eigenvalue weighted by molar-refractivity contribution is 6.43. The summed E-state index contributed by atoms with van der Waals surface area (Å²) in [5.74, 6) is -2.37. The molecule has 168 valence electrons. The van der Waals surface area contributed by atoms with E-state index in [4.69, 9.17) is 0 Å². The lowest BCUT2D eigenvalue weighted by molar-refractivity contribution is -0.118. The van der Waals surface area contributed by atoms with Crippen LogP contribution >= 0.6 is 0 Å². The van der Waals surface area contributed by atoms with Gasteiger partial charge in [0.2, 0.25) is 0 Å². The van der Waals surface area contributed by atoms with E-state index in [0.717, 1.165) is 0 Å². The molecule has 3 aromatic rings. The van der Waals surface area contributed by atoms with Gasteiger partial charge in [-0.05, 0) is 70.0 Å². The van der Waals surface area contributed by atoms with Gasteiger partial charge >= 0.3 is 0 Å². The van der Waals surface area contributed by atoms with Gasteiger partial charge in [-0.15, -0.1) is 0 Å². The van der Waals surface area contributed by atoms with Crippen molar-refractivity contribution in [2.75, 3.05) is 5.32 Å². The highest BCUT2D eigenvalue weighted by atomic mass is 19.1. The van der Waals surface area contributed by atoms with Crippen LogP contribution in [0.25, 0.3) is 0 Å². The molecular formula is C23H26FN5O3. The maximum absolute atomic E-state index is 13.5. The second-order valence-electron chi connectivity index (χ2n) is 8.28. The van der Waals surface area contributed by atoms with Crippen molar-refractivity contribution >= 4 is 23.3 Å². The zero-order chi connectivity index (χ0) is 23.8. The van der Waals surface area contributed by atoms with E-state index in [2.05, 4.69) is 20.8 Å². The Bertz CT molecular complexity index is 1210. The molecule has 9 heteroatoms. The molecule has 3 N–H and O–H groups in total. The number of nitrogens with one attached hydrogen (secondary N) is 3. The number of carbonyl (C=O) groups is 3. The topological polar surface area (TPSA) is 109 Å². The lowest BCUT2D eigenvalue weighted by Gasteiger charge is -2.23. The molecule has 0 aliphatic heterocycles. The number of H-pyrrole nitrogens is 1. The van der Waals surface area contributed by atoms with E-state index >= 15 is 0 Å². The zero-order valence-electron chi connectivity index (χ0n) is 18.9. The summed E-state index contributed by atoms with van der Waals surface area (Å²) in [6, 6.07) is 5.97. The summed E-state index contributed by atoms with van der Waals surface area (Å²) in [5.41, 5.74) is 1.82. The van der Waals surface area contributed by atoms with Gasteiger partial charge in [-0.3, -0.25) is 19.5 Å². The molecule has 8 nitrogen and oxygen atoms in total. The summed E-state index contributed by atoms with van der Waals surface area (Å²) in [7, 11) is 1.65. The fourth-order valence-corrected chi connectivity index (χ4v) is 3.67. The molecule has 0 bridgehead atoms. The predicted octanol–water partition coefficient (Wildman–Crippen LogP) is 3.30. The first-order chi connectivity index (χ1) is 14.9. The van der Waals surface area contributed by atoms with Crippen LogP contribution in [0.15, 0.2) is 30.5 Å². The van der Waals surface area contributed by atoms with Gasteiger partial charge in [-0.2, -0.15) is 5.10 Å². The molecule has 0 saturated heterocycles. The van der Waals surface area contributed by atoms with Crippen molar-refractivity contribution in [1.29, 1.82) is 0 Å². The number of aryl methyl sites for hydroxylation is 1. The molecule has 0 atom stereocenters. The molecule has 0 aliphatic rings. The fraction of sp³-hybridized carbons (Fsp3) is 0.304. The summed E-state index contributed by atoms with van der Waals surface area (Å²) in [4.78, 5) is 38.7. The minimum atomic E-state index is -0.871. The van der Waals surface area contributed by atoms with Crippen molar-refractivity contribution in [3.63, 3.8) is 0 Å². The van der Waals surface area contributed by atoms with Crippen molar-refractivity contribution in [2.45, 2.75) is 40.2 Å². The number of hydrogen-bond donors (Lipinski definition) is 3. The highest BCUT2D eigenvalue weighted by Crippen LogP contribution is 2.24. The monoisotopic (exact) mass is 439 g/mol. The van der Waals surface area contributed by atoms with E-state index in [1.54, 1.807) is 58.5 Å². The van der Waals surface area contributed by atoms with E-state index in [-0.39, 0.29) is 17.1 Å². The molecule has 0 unspecified atom stereocenters. The summed E-state index contributed by atoms with van der Waals surface area (Å²) in [6.07, 6.45) is 1.63. The molecule has 3 rings (SSSR count). The lowest BCUT2D eigenvalue weighted by Crippen LogP contribution is -2.44. The van der Waals surface area contributed by atoms with Crippen LogP contribution in [0, 0.1) is 26.6 Å². The molecule has 0 spiro atoms. The molecule has 0 radical (unpaired) electrons. The maximum Gasteiger partial charge on any atom is 0.293 e. The number of benzene rings is 1. The Morgan fingerprint density at radius 1 is 1.12 bits per heavy atom. The molecule has 0 aliphatic carbocycles. The Morgan fingerprint density at radius 3 is 2.41 bits per heavy atom. The number of aromatic nitrogens is 3. The van der Waals surface area contributed by atoms with Crippen molar-refractivity contribution < 1.29 is 18.8 Å². The number of anilines is 1. The SMILES string of the molecule is Cc1cc(NC(=O)c2c(C)c(C(=O)C(=O)NC(C)(C)c3cc[nH]n3)c(C)n2C)ccc1F. The number of halogens is 1. The van der Waals surface area contributed by atoms with Crippen molar-refractivity contribution in [2.24, 2.45) is 7.05 Å². The van der Waals surface area contributed by atoms with E-state index in [0.29, 0.717) is 28.2 Å². The highest BCUT2D eigenvalue weighted by Gasteiger charge is 2.32. The van der Waals surface area contributed by atoms with Crippen LogP contribution in [0.3, 0.4) is 0 Å². The van der Waals surface area contributed by atoms with Gasteiger partial charge in [-0.25, -0.2) is 4.39 Å². The molecule has 1 aromatic carbocycles. The van der Waals surface area contributed by atoms with Crippen molar-refractivity contribution in [1.82, 2.24) is 20.1 Å². The Morgan fingerprint density at radius 2 is 1.81 bits per heavy atom.